The summed E-state index contributed by atoms with van der Waals surface area (Å²) in [5.74, 6) is 0. The van der Waals surface area contributed by atoms with Gasteiger partial charge < -0.3 is 0 Å². The van der Waals surface area contributed by atoms with Gasteiger partial charge in [0, 0.05) is 16.7 Å². The summed E-state index contributed by atoms with van der Waals surface area (Å²) in [6.45, 7) is 0. The second kappa shape index (κ2) is 4.57. The average Bonchev–Trinajstić information content (AvgIpc) is 2.55. The van der Waals surface area contributed by atoms with Crippen molar-refractivity contribution >= 4 is 0 Å². The van der Waals surface area contributed by atoms with Gasteiger partial charge in [-0.2, -0.15) is 0 Å². The molecule has 0 saturated carbocycles. The Hall–Kier alpha value is -2.48. The third kappa shape index (κ3) is 1.73. The van der Waals surface area contributed by atoms with Crippen molar-refractivity contribution in [2.45, 2.75) is 12.8 Å². The topological polar surface area (TPSA) is 25.8 Å². The predicted octanol–water partition coefficient (Wildman–Crippen LogP) is 3.91. The first-order valence-electron chi connectivity index (χ1n) is 6.91. The minimum absolute atomic E-state index is 1.01. The van der Waals surface area contributed by atoms with Crippen molar-refractivity contribution in [3.05, 3.63) is 72.1 Å². The Kier molecular flexibility index (Phi) is 2.59. The van der Waals surface area contributed by atoms with Crippen LogP contribution in [-0.4, -0.2) is 9.97 Å². The zero-order valence-corrected chi connectivity index (χ0v) is 11.1. The molecule has 2 heteroatoms. The van der Waals surface area contributed by atoms with E-state index >= 15 is 0 Å². The first-order chi connectivity index (χ1) is 9.93. The monoisotopic (exact) mass is 258 g/mol. The van der Waals surface area contributed by atoms with Crippen LogP contribution in [0.4, 0.5) is 0 Å². The lowest BCUT2D eigenvalue weighted by Gasteiger charge is -2.20. The van der Waals surface area contributed by atoms with Crippen molar-refractivity contribution in [1.29, 1.82) is 0 Å². The molecule has 2 nitrogen and oxygen atoms in total. The van der Waals surface area contributed by atoms with Crippen LogP contribution in [0, 0.1) is 0 Å². The maximum Gasteiger partial charge on any atom is 0.116 e. The van der Waals surface area contributed by atoms with Crippen molar-refractivity contribution < 1.29 is 0 Å². The summed E-state index contributed by atoms with van der Waals surface area (Å²) in [6.07, 6.45) is 3.76. The molecule has 96 valence electrons. The van der Waals surface area contributed by atoms with E-state index in [0.29, 0.717) is 0 Å². The van der Waals surface area contributed by atoms with Gasteiger partial charge in [-0.1, -0.05) is 54.6 Å². The van der Waals surface area contributed by atoms with Crippen LogP contribution in [0.2, 0.25) is 0 Å². The van der Waals surface area contributed by atoms with Gasteiger partial charge in [0.15, 0.2) is 0 Å². The molecule has 4 rings (SSSR count). The van der Waals surface area contributed by atoms with E-state index in [2.05, 4.69) is 58.5 Å². The summed E-state index contributed by atoms with van der Waals surface area (Å²) >= 11 is 0. The minimum atomic E-state index is 1.01. The minimum Gasteiger partial charge on any atom is -0.236 e. The number of aryl methyl sites for hydroxylation is 1. The van der Waals surface area contributed by atoms with E-state index in [1.165, 1.54) is 22.3 Å². The Morgan fingerprint density at radius 3 is 2.35 bits per heavy atom. The predicted molar refractivity (Wildman–Crippen MR) is 80.3 cm³/mol. The van der Waals surface area contributed by atoms with Crippen molar-refractivity contribution in [1.82, 2.24) is 9.97 Å². The Morgan fingerprint density at radius 2 is 1.45 bits per heavy atom. The molecule has 0 aliphatic heterocycles. The molecular formula is C18H14N2. The summed E-state index contributed by atoms with van der Waals surface area (Å²) in [5.41, 5.74) is 7.26. The maximum atomic E-state index is 4.54. The van der Waals surface area contributed by atoms with Crippen molar-refractivity contribution in [3.63, 3.8) is 0 Å². The second-order valence-electron chi connectivity index (χ2n) is 5.07. The highest BCUT2D eigenvalue weighted by molar-refractivity contribution is 5.76. The fraction of sp³-hybridized carbons (Fsp3) is 0.111. The van der Waals surface area contributed by atoms with E-state index in [1.807, 2.05) is 6.07 Å². The SMILES string of the molecule is c1ccc(-c2ncnc3c2CCc2ccccc2-3)cc1. The van der Waals surface area contributed by atoms with Gasteiger partial charge in [0.2, 0.25) is 0 Å². The van der Waals surface area contributed by atoms with Crippen molar-refractivity contribution in [3.8, 4) is 22.5 Å². The van der Waals surface area contributed by atoms with Gasteiger partial charge in [-0.05, 0) is 18.4 Å². The standard InChI is InChI=1S/C18H14N2/c1-2-7-14(8-3-1)17-16-11-10-13-6-4-5-9-15(13)18(16)20-12-19-17/h1-9,12H,10-11H2. The summed E-state index contributed by atoms with van der Waals surface area (Å²) in [6, 6.07) is 18.9. The molecule has 20 heavy (non-hydrogen) atoms. The molecule has 0 unspecified atom stereocenters. The smallest absolute Gasteiger partial charge is 0.116 e. The number of nitrogens with zero attached hydrogens (tertiary/aromatic N) is 2. The fourth-order valence-corrected chi connectivity index (χ4v) is 2.96. The third-order valence-corrected chi connectivity index (χ3v) is 3.91. The highest BCUT2D eigenvalue weighted by Crippen LogP contribution is 2.35. The molecule has 1 heterocycles. The quantitative estimate of drug-likeness (QED) is 0.661. The molecule has 0 amide bonds. The van der Waals surface area contributed by atoms with Crippen LogP contribution in [0.25, 0.3) is 22.5 Å². The zero-order valence-electron chi connectivity index (χ0n) is 11.1. The summed E-state index contributed by atoms with van der Waals surface area (Å²) in [4.78, 5) is 9.06. The molecule has 2 aromatic carbocycles. The molecule has 0 spiro atoms. The van der Waals surface area contributed by atoms with Gasteiger partial charge in [-0.15, -0.1) is 0 Å². The summed E-state index contributed by atoms with van der Waals surface area (Å²) < 4.78 is 0. The summed E-state index contributed by atoms with van der Waals surface area (Å²) in [5, 5.41) is 0. The van der Waals surface area contributed by atoms with Gasteiger partial charge in [-0.25, -0.2) is 9.97 Å². The maximum absolute atomic E-state index is 4.54. The first kappa shape index (κ1) is 11.4. The summed E-state index contributed by atoms with van der Waals surface area (Å²) in [7, 11) is 0. The van der Waals surface area contributed by atoms with E-state index in [1.54, 1.807) is 6.33 Å². The van der Waals surface area contributed by atoms with E-state index in [-0.39, 0.29) is 0 Å². The van der Waals surface area contributed by atoms with Crippen molar-refractivity contribution in [2.24, 2.45) is 0 Å². The van der Waals surface area contributed by atoms with Crippen LogP contribution < -0.4 is 0 Å². The second-order valence-corrected chi connectivity index (χ2v) is 5.07. The van der Waals surface area contributed by atoms with Crippen LogP contribution in [0.15, 0.2) is 60.9 Å². The molecule has 0 fully saturated rings. The van der Waals surface area contributed by atoms with Gasteiger partial charge in [0.05, 0.1) is 11.4 Å². The molecule has 0 atom stereocenters. The molecule has 1 aliphatic carbocycles. The van der Waals surface area contributed by atoms with Gasteiger partial charge >= 0.3 is 0 Å². The molecule has 1 aromatic heterocycles. The van der Waals surface area contributed by atoms with Crippen LogP contribution in [-0.2, 0) is 12.8 Å². The highest BCUT2D eigenvalue weighted by atomic mass is 14.8. The zero-order chi connectivity index (χ0) is 13.4. The largest absolute Gasteiger partial charge is 0.236 e. The lowest BCUT2D eigenvalue weighted by molar-refractivity contribution is 0.914. The number of hydrogen-bond acceptors (Lipinski definition) is 2. The highest BCUT2D eigenvalue weighted by Gasteiger charge is 2.20. The molecule has 3 aromatic rings. The first-order valence-corrected chi connectivity index (χ1v) is 6.91. The van der Waals surface area contributed by atoms with E-state index in [0.717, 1.165) is 24.2 Å². The van der Waals surface area contributed by atoms with Gasteiger partial charge in [0.25, 0.3) is 0 Å². The van der Waals surface area contributed by atoms with Crippen LogP contribution >= 0.6 is 0 Å². The fourth-order valence-electron chi connectivity index (χ4n) is 2.96. The Morgan fingerprint density at radius 1 is 0.700 bits per heavy atom. The van der Waals surface area contributed by atoms with Gasteiger partial charge in [-0.3, -0.25) is 0 Å². The Balaban J connectivity index is 1.95. The molecule has 0 saturated heterocycles. The Labute approximate surface area is 118 Å². The molecular weight excluding hydrogens is 244 g/mol. The lowest BCUT2D eigenvalue weighted by atomic mass is 9.87. The number of aromatic nitrogens is 2. The number of fused-ring (bicyclic) bond motifs is 3. The average molecular weight is 258 g/mol. The number of hydrogen-bond donors (Lipinski definition) is 0. The van der Waals surface area contributed by atoms with E-state index in [4.69, 9.17) is 0 Å². The lowest BCUT2D eigenvalue weighted by Crippen LogP contribution is -2.08. The molecule has 0 bridgehead atoms. The van der Waals surface area contributed by atoms with Crippen LogP contribution in [0.1, 0.15) is 11.1 Å². The van der Waals surface area contributed by atoms with Gasteiger partial charge in [0.1, 0.15) is 6.33 Å². The molecule has 1 aliphatic rings. The van der Waals surface area contributed by atoms with E-state index in [9.17, 15) is 0 Å². The third-order valence-electron chi connectivity index (χ3n) is 3.91. The normalized spacial score (nSPS) is 12.6. The number of benzene rings is 2. The van der Waals surface area contributed by atoms with E-state index < -0.39 is 0 Å². The Bertz CT molecular complexity index is 749. The van der Waals surface area contributed by atoms with Crippen molar-refractivity contribution in [2.75, 3.05) is 0 Å². The van der Waals surface area contributed by atoms with Crippen LogP contribution in [0.3, 0.4) is 0 Å². The molecule has 0 radical (unpaired) electrons. The number of rotatable bonds is 1. The van der Waals surface area contributed by atoms with Crippen LogP contribution in [0.5, 0.6) is 0 Å². The molecule has 0 N–H and O–H groups in total.